The predicted octanol–water partition coefficient (Wildman–Crippen LogP) is 3.53. The van der Waals surface area contributed by atoms with Crippen LogP contribution >= 0.6 is 0 Å². The van der Waals surface area contributed by atoms with E-state index >= 15 is 0 Å². The molecule has 0 saturated heterocycles. The molecule has 0 aromatic heterocycles. The number of allylic oxidation sites excluding steroid dienone is 1. The van der Waals surface area contributed by atoms with Crippen LogP contribution in [-0.4, -0.2) is 153 Å². The zero-order valence-corrected chi connectivity index (χ0v) is 42.1. The SMILES string of the molecule is C/C=C(\C)[C@@H](OC(=O)N(C)CCNC)[C@@H](C)[C@@H]1C/C=C(\C)C(=O)O[C@H](CC(C)C)C(=O)N[C@@H](C)C(=O)N(C)[C@H](Cc2ccccc2)C(=O)N(C)CC(=O)N[C@@H]([C@H](C)CC)C(=O)N[C@H](C)C(=O)O1. The molecule has 374 valence electrons. The first kappa shape index (κ1) is 57.3. The Morgan fingerprint density at radius 1 is 0.940 bits per heavy atom. The van der Waals surface area contributed by atoms with Gasteiger partial charge < -0.3 is 50.2 Å². The van der Waals surface area contributed by atoms with Crippen molar-refractivity contribution in [2.75, 3.05) is 47.8 Å². The zero-order chi connectivity index (χ0) is 50.7. The number of benzene rings is 1. The molecule has 6 amide bonds. The van der Waals surface area contributed by atoms with Crippen molar-refractivity contribution in [2.45, 2.75) is 137 Å². The number of likely N-dealkylation sites (N-methyl/N-ethyl adjacent to an activating group) is 4. The number of amides is 6. The molecule has 0 unspecified atom stereocenters. The minimum atomic E-state index is -1.31. The van der Waals surface area contributed by atoms with E-state index in [0.29, 0.717) is 25.1 Å². The van der Waals surface area contributed by atoms with Crippen LogP contribution in [0.25, 0.3) is 0 Å². The Bertz CT molecular complexity index is 1920. The van der Waals surface area contributed by atoms with Crippen LogP contribution in [0.4, 0.5) is 4.79 Å². The van der Waals surface area contributed by atoms with Gasteiger partial charge in [-0.1, -0.05) is 83.5 Å². The standard InChI is InChI=1S/C49H77N7O11/c1-15-30(5)41-44(59)52-35(10)48(63)65-38(33(8)42(31(6)16-2)67-49(64)54(12)25-24-50-11)23-22-32(7)47(62)66-39(26-29(3)4)43(58)51-34(9)45(60)56(14)37(27-36-20-18-17-19-21-36)46(61)55(13)28-40(57)53-41/h16-22,29-30,33-35,37-39,41-42,50H,15,23-28H2,1-14H3,(H,51,58)(H,52,59)(H,53,57)/b31-16+,32-22+/t30-,33+,34+,35-,37-,38+,39-,41+,42-/m1/s1. The smallest absolute Gasteiger partial charge is 0.410 e. The van der Waals surface area contributed by atoms with Crippen molar-refractivity contribution >= 4 is 47.6 Å². The highest BCUT2D eigenvalue weighted by Crippen LogP contribution is 2.26. The van der Waals surface area contributed by atoms with Gasteiger partial charge in [0.1, 0.15) is 36.4 Å². The summed E-state index contributed by atoms with van der Waals surface area (Å²) in [4.78, 5) is 114. The Kier molecular flexibility index (Phi) is 23.8. The molecule has 9 atom stereocenters. The fourth-order valence-electron chi connectivity index (χ4n) is 7.29. The molecular formula is C49H77N7O11. The van der Waals surface area contributed by atoms with Gasteiger partial charge in [-0.25, -0.2) is 14.4 Å². The fourth-order valence-corrected chi connectivity index (χ4v) is 7.29. The summed E-state index contributed by atoms with van der Waals surface area (Å²) in [5.41, 5.74) is 1.48. The van der Waals surface area contributed by atoms with Crippen molar-refractivity contribution in [3.8, 4) is 0 Å². The van der Waals surface area contributed by atoms with Crippen molar-refractivity contribution < 1.29 is 52.6 Å². The number of hydrogen-bond acceptors (Lipinski definition) is 12. The minimum absolute atomic E-state index is 0.0734. The number of carbonyl (C=O) groups is 8. The van der Waals surface area contributed by atoms with Gasteiger partial charge in [-0.15, -0.1) is 0 Å². The second-order valence-corrected chi connectivity index (χ2v) is 18.1. The third kappa shape index (κ3) is 17.8. The van der Waals surface area contributed by atoms with E-state index in [2.05, 4.69) is 21.3 Å². The highest BCUT2D eigenvalue weighted by Gasteiger charge is 2.38. The Morgan fingerprint density at radius 2 is 1.57 bits per heavy atom. The van der Waals surface area contributed by atoms with E-state index < -0.39 is 108 Å². The van der Waals surface area contributed by atoms with Crippen LogP contribution in [0.3, 0.4) is 0 Å². The van der Waals surface area contributed by atoms with Crippen molar-refractivity contribution in [3.05, 3.63) is 59.2 Å². The van der Waals surface area contributed by atoms with Gasteiger partial charge in [0.25, 0.3) is 5.91 Å². The fraction of sp³-hybridized carbons (Fsp3) is 0.633. The number of rotatable bonds is 13. The topological polar surface area (TPSA) is 222 Å². The van der Waals surface area contributed by atoms with Crippen LogP contribution in [0.2, 0.25) is 0 Å². The van der Waals surface area contributed by atoms with E-state index in [1.54, 1.807) is 72.1 Å². The van der Waals surface area contributed by atoms with Crippen LogP contribution < -0.4 is 21.3 Å². The monoisotopic (exact) mass is 940 g/mol. The van der Waals surface area contributed by atoms with Crippen LogP contribution in [0.15, 0.2) is 53.6 Å². The lowest BCUT2D eigenvalue weighted by atomic mass is 9.90. The lowest BCUT2D eigenvalue weighted by molar-refractivity contribution is -0.156. The van der Waals surface area contributed by atoms with Gasteiger partial charge in [0.2, 0.25) is 23.6 Å². The summed E-state index contributed by atoms with van der Waals surface area (Å²) in [7, 11) is 6.21. The third-order valence-electron chi connectivity index (χ3n) is 12.1. The average molecular weight is 940 g/mol. The molecule has 1 aliphatic rings. The Balaban J connectivity index is 2.71. The summed E-state index contributed by atoms with van der Waals surface area (Å²) in [5, 5.41) is 11.1. The molecule has 4 N–H and O–H groups in total. The molecule has 67 heavy (non-hydrogen) atoms. The van der Waals surface area contributed by atoms with E-state index in [-0.39, 0.29) is 30.8 Å². The maximum Gasteiger partial charge on any atom is 0.410 e. The third-order valence-corrected chi connectivity index (χ3v) is 12.1. The number of carbonyl (C=O) groups excluding carboxylic acids is 8. The number of nitrogens with zero attached hydrogens (tertiary/aromatic N) is 3. The molecule has 1 aromatic rings. The van der Waals surface area contributed by atoms with Gasteiger partial charge in [0.05, 0.1) is 6.54 Å². The molecule has 2 rings (SSSR count). The van der Waals surface area contributed by atoms with E-state index in [1.165, 1.54) is 50.7 Å². The van der Waals surface area contributed by atoms with E-state index in [1.807, 2.05) is 26.8 Å². The second-order valence-electron chi connectivity index (χ2n) is 18.1. The number of cyclic esters (lactones) is 2. The zero-order valence-electron chi connectivity index (χ0n) is 42.1. The van der Waals surface area contributed by atoms with Crippen LogP contribution in [0.1, 0.15) is 94.1 Å². The van der Waals surface area contributed by atoms with Gasteiger partial charge >= 0.3 is 18.0 Å². The molecule has 1 heterocycles. The van der Waals surface area contributed by atoms with Gasteiger partial charge in [-0.2, -0.15) is 0 Å². The highest BCUT2D eigenvalue weighted by atomic mass is 16.6. The van der Waals surface area contributed by atoms with Crippen LogP contribution in [-0.2, 0) is 54.2 Å². The highest BCUT2D eigenvalue weighted by molar-refractivity contribution is 5.96. The number of nitrogens with one attached hydrogen (secondary N) is 4. The maximum atomic E-state index is 14.2. The summed E-state index contributed by atoms with van der Waals surface area (Å²) >= 11 is 0. The molecule has 1 aliphatic heterocycles. The molecule has 18 nitrogen and oxygen atoms in total. The van der Waals surface area contributed by atoms with Gasteiger partial charge in [0.15, 0.2) is 6.10 Å². The molecular weight excluding hydrogens is 863 g/mol. The molecule has 18 heteroatoms. The summed E-state index contributed by atoms with van der Waals surface area (Å²) in [5.74, 6) is -6.16. The Morgan fingerprint density at radius 3 is 2.15 bits per heavy atom. The summed E-state index contributed by atoms with van der Waals surface area (Å²) < 4.78 is 17.9. The summed E-state index contributed by atoms with van der Waals surface area (Å²) in [6.45, 7) is 17.4. The van der Waals surface area contributed by atoms with Gasteiger partial charge in [-0.3, -0.25) is 24.0 Å². The van der Waals surface area contributed by atoms with Crippen molar-refractivity contribution in [2.24, 2.45) is 17.8 Å². The number of esters is 2. The van der Waals surface area contributed by atoms with Gasteiger partial charge in [0, 0.05) is 58.6 Å². The summed E-state index contributed by atoms with van der Waals surface area (Å²) in [6.07, 6.45) is -0.00393. The van der Waals surface area contributed by atoms with E-state index in [9.17, 15) is 38.4 Å². The molecule has 0 fully saturated rings. The Labute approximate surface area is 397 Å². The quantitative estimate of drug-likeness (QED) is 0.127. The molecule has 0 radical (unpaired) electrons. The van der Waals surface area contributed by atoms with E-state index in [4.69, 9.17) is 14.2 Å². The van der Waals surface area contributed by atoms with Crippen LogP contribution in [0, 0.1) is 17.8 Å². The summed E-state index contributed by atoms with van der Waals surface area (Å²) in [6, 6.07) is 4.35. The molecule has 0 bridgehead atoms. The molecule has 0 aliphatic carbocycles. The van der Waals surface area contributed by atoms with Crippen molar-refractivity contribution in [3.63, 3.8) is 0 Å². The molecule has 0 spiro atoms. The number of ether oxygens (including phenoxy) is 3. The maximum absolute atomic E-state index is 14.2. The minimum Gasteiger partial charge on any atom is -0.460 e. The molecule has 0 saturated carbocycles. The average Bonchev–Trinajstić information content (AvgIpc) is 3.29. The number of hydrogen-bond donors (Lipinski definition) is 4. The van der Waals surface area contributed by atoms with E-state index in [0.717, 1.165) is 10.5 Å². The molecule has 1 aromatic carbocycles. The Hall–Kier alpha value is -5.78. The van der Waals surface area contributed by atoms with Gasteiger partial charge in [-0.05, 0) is 71.1 Å². The second kappa shape index (κ2) is 27.8. The van der Waals surface area contributed by atoms with Crippen LogP contribution in [0.5, 0.6) is 0 Å². The van der Waals surface area contributed by atoms with Crippen molar-refractivity contribution in [1.29, 1.82) is 0 Å². The first-order valence-corrected chi connectivity index (χ1v) is 23.2. The lowest BCUT2D eigenvalue weighted by Crippen LogP contribution is -2.57. The largest absolute Gasteiger partial charge is 0.460 e. The predicted molar refractivity (Wildman–Crippen MR) is 254 cm³/mol. The lowest BCUT2D eigenvalue weighted by Gasteiger charge is -2.33. The first-order valence-electron chi connectivity index (χ1n) is 23.2. The first-order chi connectivity index (χ1) is 31.5. The van der Waals surface area contributed by atoms with Crippen molar-refractivity contribution in [1.82, 2.24) is 36.0 Å². The normalized spacial score (nSPS) is 25.0.